The largest absolute Gasteiger partial charge is 0.497 e. The van der Waals surface area contributed by atoms with Gasteiger partial charge in [-0.2, -0.15) is 5.10 Å². The number of amides is 1. The number of alkyl carbamates (subject to hydrolysis) is 1. The maximum absolute atomic E-state index is 12.3. The topological polar surface area (TPSA) is 101 Å². The van der Waals surface area contributed by atoms with E-state index in [0.29, 0.717) is 6.61 Å². The number of hydrogen-bond acceptors (Lipinski definition) is 7. The number of nitrogens with one attached hydrogen (secondary N) is 1. The fourth-order valence-electron chi connectivity index (χ4n) is 2.66. The highest BCUT2D eigenvalue weighted by Gasteiger charge is 2.22. The van der Waals surface area contributed by atoms with E-state index < -0.39 is 17.6 Å². The molecule has 1 aromatic heterocycles. The molecule has 0 fully saturated rings. The lowest BCUT2D eigenvalue weighted by Gasteiger charge is -2.22. The number of methoxy groups -OCH3 is 1. The summed E-state index contributed by atoms with van der Waals surface area (Å²) < 4.78 is 22.8. The highest BCUT2D eigenvalue weighted by atomic mass is 16.5. The van der Waals surface area contributed by atoms with E-state index in [1.807, 2.05) is 39.8 Å². The van der Waals surface area contributed by atoms with Crippen molar-refractivity contribution in [3.8, 4) is 11.6 Å². The summed E-state index contributed by atoms with van der Waals surface area (Å²) in [5.41, 5.74) is 0.323. The second-order valence-corrected chi connectivity index (χ2v) is 8.32. The van der Waals surface area contributed by atoms with E-state index >= 15 is 0 Å². The molecule has 0 bridgehead atoms. The summed E-state index contributed by atoms with van der Waals surface area (Å²) in [6.45, 7) is 10.1. The van der Waals surface area contributed by atoms with Gasteiger partial charge in [-0.15, -0.1) is 0 Å². The molecule has 2 rings (SSSR count). The molecule has 2 aromatic rings. The van der Waals surface area contributed by atoms with Gasteiger partial charge >= 0.3 is 12.1 Å². The first-order valence-electron chi connectivity index (χ1n) is 10.8. The van der Waals surface area contributed by atoms with Crippen LogP contribution in [0, 0.1) is 5.92 Å². The van der Waals surface area contributed by atoms with E-state index in [1.165, 1.54) is 10.9 Å². The zero-order valence-corrected chi connectivity index (χ0v) is 20.1. The normalized spacial score (nSPS) is 11.5. The molecular weight excluding hydrogens is 426 g/mol. The predicted octanol–water partition coefficient (Wildman–Crippen LogP) is 4.28. The molecule has 0 saturated heterocycles. The van der Waals surface area contributed by atoms with E-state index in [0.717, 1.165) is 11.3 Å². The summed E-state index contributed by atoms with van der Waals surface area (Å²) in [6.07, 6.45) is 4.19. The number of ether oxygens (including phenoxy) is 4. The molecule has 0 aliphatic carbocycles. The van der Waals surface area contributed by atoms with Gasteiger partial charge in [0.05, 0.1) is 32.1 Å². The van der Waals surface area contributed by atoms with Gasteiger partial charge in [-0.25, -0.2) is 14.3 Å². The summed E-state index contributed by atoms with van der Waals surface area (Å²) in [6, 6.07) is 7.26. The van der Waals surface area contributed by atoms with Crippen molar-refractivity contribution < 1.29 is 28.5 Å². The van der Waals surface area contributed by atoms with Crippen molar-refractivity contribution in [1.82, 2.24) is 15.1 Å². The molecule has 0 aliphatic heterocycles. The van der Waals surface area contributed by atoms with E-state index in [4.69, 9.17) is 18.9 Å². The van der Waals surface area contributed by atoms with Crippen molar-refractivity contribution >= 4 is 18.3 Å². The Morgan fingerprint density at radius 2 is 1.88 bits per heavy atom. The average Bonchev–Trinajstić information content (AvgIpc) is 3.18. The maximum atomic E-state index is 12.3. The smallest absolute Gasteiger partial charge is 0.408 e. The lowest BCUT2D eigenvalue weighted by Crippen LogP contribution is -2.42. The summed E-state index contributed by atoms with van der Waals surface area (Å²) in [7, 11) is 1.59. The van der Waals surface area contributed by atoms with E-state index in [2.05, 4.69) is 10.4 Å². The number of benzene rings is 1. The minimum absolute atomic E-state index is 0.130. The predicted molar refractivity (Wildman–Crippen MR) is 124 cm³/mol. The first-order chi connectivity index (χ1) is 15.6. The van der Waals surface area contributed by atoms with Gasteiger partial charge in [0.1, 0.15) is 17.9 Å². The number of nitrogens with zero attached hydrogens (tertiary/aromatic N) is 2. The van der Waals surface area contributed by atoms with Gasteiger partial charge in [-0.05, 0) is 50.5 Å². The van der Waals surface area contributed by atoms with Gasteiger partial charge in [-0.1, -0.05) is 26.0 Å². The Kier molecular flexibility index (Phi) is 9.32. The molecule has 0 radical (unpaired) electrons. The fourth-order valence-corrected chi connectivity index (χ4v) is 2.66. The number of hydrogen-bond donors (Lipinski definition) is 1. The third-order valence-electron chi connectivity index (χ3n) is 4.38. The highest BCUT2D eigenvalue weighted by Crippen LogP contribution is 2.21. The van der Waals surface area contributed by atoms with Crippen molar-refractivity contribution in [3.05, 3.63) is 47.7 Å². The number of rotatable bonds is 11. The lowest BCUT2D eigenvalue weighted by atomic mass is 10.1. The molecule has 1 amide bonds. The Morgan fingerprint density at radius 1 is 1.18 bits per heavy atom. The molecule has 1 heterocycles. The van der Waals surface area contributed by atoms with Crippen LogP contribution in [-0.2, 0) is 16.1 Å². The third-order valence-corrected chi connectivity index (χ3v) is 4.38. The standard InChI is InChI=1S/C24H33N3O6/c1-7-31-22(28)20-14-25-27(21(20)32-15-17(2)3)13-12-24(4,5)26-23(29)33-16-18-8-10-19(30-6)11-9-18/h8-14,17H,7,15-16H2,1-6H3,(H,26,29)/b13-12+. The summed E-state index contributed by atoms with van der Waals surface area (Å²) in [4.78, 5) is 24.5. The molecule has 0 spiro atoms. The third kappa shape index (κ3) is 8.17. The first kappa shape index (κ1) is 25.8. The Hall–Kier alpha value is -3.49. The van der Waals surface area contributed by atoms with Gasteiger partial charge in [0.15, 0.2) is 0 Å². The SMILES string of the molecule is CCOC(=O)c1cnn(/C=C/C(C)(C)NC(=O)OCc2ccc(OC)cc2)c1OCC(C)C. The van der Waals surface area contributed by atoms with Crippen LogP contribution in [0.15, 0.2) is 36.5 Å². The Labute approximate surface area is 194 Å². The van der Waals surface area contributed by atoms with Crippen LogP contribution in [0.4, 0.5) is 4.79 Å². The van der Waals surface area contributed by atoms with Crippen LogP contribution in [0.5, 0.6) is 11.6 Å². The molecule has 0 saturated carbocycles. The fraction of sp³-hybridized carbons (Fsp3) is 0.458. The van der Waals surface area contributed by atoms with Crippen LogP contribution in [0.2, 0.25) is 0 Å². The van der Waals surface area contributed by atoms with Crippen molar-refractivity contribution in [2.45, 2.75) is 46.8 Å². The number of esters is 1. The minimum atomic E-state index is -0.762. The van der Waals surface area contributed by atoms with Gasteiger partial charge in [0.2, 0.25) is 5.88 Å². The first-order valence-corrected chi connectivity index (χ1v) is 10.8. The summed E-state index contributed by atoms with van der Waals surface area (Å²) >= 11 is 0. The van der Waals surface area contributed by atoms with Crippen molar-refractivity contribution in [1.29, 1.82) is 0 Å². The van der Waals surface area contributed by atoms with Crippen LogP contribution in [-0.4, -0.2) is 47.7 Å². The highest BCUT2D eigenvalue weighted by molar-refractivity contribution is 5.92. The van der Waals surface area contributed by atoms with Crippen molar-refractivity contribution in [2.75, 3.05) is 20.3 Å². The van der Waals surface area contributed by atoms with Gasteiger partial charge < -0.3 is 24.3 Å². The minimum Gasteiger partial charge on any atom is -0.497 e. The van der Waals surface area contributed by atoms with Crippen LogP contribution in [0.25, 0.3) is 6.20 Å². The van der Waals surface area contributed by atoms with Gasteiger partial charge in [0.25, 0.3) is 0 Å². The van der Waals surface area contributed by atoms with Crippen LogP contribution >= 0.6 is 0 Å². The molecule has 0 atom stereocenters. The van der Waals surface area contributed by atoms with Crippen LogP contribution in [0.3, 0.4) is 0 Å². The molecule has 33 heavy (non-hydrogen) atoms. The quantitative estimate of drug-likeness (QED) is 0.501. The van der Waals surface area contributed by atoms with E-state index in [-0.39, 0.29) is 30.6 Å². The monoisotopic (exact) mass is 459 g/mol. The molecule has 1 N–H and O–H groups in total. The van der Waals surface area contributed by atoms with E-state index in [1.54, 1.807) is 38.4 Å². The van der Waals surface area contributed by atoms with Gasteiger partial charge in [0, 0.05) is 6.20 Å². The lowest BCUT2D eigenvalue weighted by molar-refractivity contribution is 0.0520. The maximum Gasteiger partial charge on any atom is 0.408 e. The zero-order chi connectivity index (χ0) is 24.4. The Balaban J connectivity index is 2.04. The number of aromatic nitrogens is 2. The number of carbonyl (C=O) groups is 2. The number of carbonyl (C=O) groups excluding carboxylic acids is 2. The van der Waals surface area contributed by atoms with Crippen LogP contribution in [0.1, 0.15) is 50.5 Å². The second-order valence-electron chi connectivity index (χ2n) is 8.32. The Morgan fingerprint density at radius 3 is 2.48 bits per heavy atom. The molecule has 9 nitrogen and oxygen atoms in total. The molecular formula is C24H33N3O6. The molecule has 9 heteroatoms. The molecule has 1 aromatic carbocycles. The molecule has 0 unspecified atom stereocenters. The molecule has 0 aliphatic rings. The zero-order valence-electron chi connectivity index (χ0n) is 20.1. The van der Waals surface area contributed by atoms with Gasteiger partial charge in [-0.3, -0.25) is 0 Å². The summed E-state index contributed by atoms with van der Waals surface area (Å²) in [5.74, 6) is 0.772. The Bertz CT molecular complexity index is 948. The summed E-state index contributed by atoms with van der Waals surface area (Å²) in [5, 5.41) is 7.01. The van der Waals surface area contributed by atoms with Crippen molar-refractivity contribution in [3.63, 3.8) is 0 Å². The van der Waals surface area contributed by atoms with E-state index in [9.17, 15) is 9.59 Å². The molecule has 180 valence electrons. The van der Waals surface area contributed by atoms with Crippen LogP contribution < -0.4 is 14.8 Å². The average molecular weight is 460 g/mol. The second kappa shape index (κ2) is 11.9. The van der Waals surface area contributed by atoms with Crippen molar-refractivity contribution in [2.24, 2.45) is 5.92 Å².